The summed E-state index contributed by atoms with van der Waals surface area (Å²) in [4.78, 5) is 26.3. The molecule has 0 spiro atoms. The minimum atomic E-state index is -4.13. The van der Waals surface area contributed by atoms with Gasteiger partial charge in [0.1, 0.15) is 6.54 Å². The van der Waals surface area contributed by atoms with Gasteiger partial charge >= 0.3 is 0 Å². The lowest BCUT2D eigenvalue weighted by molar-refractivity contribution is -0.114. The number of benzene rings is 4. The number of hydrogen-bond donors (Lipinski definition) is 2. The highest BCUT2D eigenvalue weighted by Crippen LogP contribution is 2.31. The molecule has 206 valence electrons. The Morgan fingerprint density at radius 1 is 0.825 bits per heavy atom. The van der Waals surface area contributed by atoms with Gasteiger partial charge in [-0.1, -0.05) is 77.8 Å². The summed E-state index contributed by atoms with van der Waals surface area (Å²) in [5.41, 5.74) is 3.36. The molecule has 0 atom stereocenters. The zero-order chi connectivity index (χ0) is 28.7. The van der Waals surface area contributed by atoms with Crippen LogP contribution in [0.1, 0.15) is 27.0 Å². The average molecular weight is 576 g/mol. The number of nitrogens with one attached hydrogen (secondary N) is 2. The van der Waals surface area contributed by atoms with E-state index >= 15 is 0 Å². The van der Waals surface area contributed by atoms with E-state index in [4.69, 9.17) is 11.6 Å². The first kappa shape index (κ1) is 28.9. The molecular formula is C31H30ClN3O4S. The number of carbonyl (C=O) groups excluding carboxylic acids is 2. The van der Waals surface area contributed by atoms with Gasteiger partial charge in [0.15, 0.2) is 0 Å². The molecule has 4 rings (SSSR count). The van der Waals surface area contributed by atoms with Crippen LogP contribution in [0.25, 0.3) is 0 Å². The molecule has 0 heterocycles. The summed E-state index contributed by atoms with van der Waals surface area (Å²) < 4.78 is 28.5. The van der Waals surface area contributed by atoms with Crippen LogP contribution in [0.2, 0.25) is 5.02 Å². The summed E-state index contributed by atoms with van der Waals surface area (Å²) in [5, 5.41) is 5.98. The molecule has 0 fully saturated rings. The fourth-order valence-corrected chi connectivity index (χ4v) is 5.82. The molecule has 0 aromatic heterocycles. The molecule has 0 aliphatic rings. The van der Waals surface area contributed by atoms with Crippen molar-refractivity contribution in [2.75, 3.05) is 22.7 Å². The molecule has 0 radical (unpaired) electrons. The van der Waals surface area contributed by atoms with Crippen LogP contribution in [0.15, 0.2) is 102 Å². The zero-order valence-corrected chi connectivity index (χ0v) is 23.8. The van der Waals surface area contributed by atoms with E-state index in [1.807, 2.05) is 37.3 Å². The molecule has 0 bridgehead atoms. The van der Waals surface area contributed by atoms with Gasteiger partial charge in [-0.05, 0) is 67.8 Å². The molecule has 40 heavy (non-hydrogen) atoms. The second-order valence-electron chi connectivity index (χ2n) is 9.29. The van der Waals surface area contributed by atoms with E-state index in [0.717, 1.165) is 15.4 Å². The lowest BCUT2D eigenvalue weighted by Gasteiger charge is -2.26. The van der Waals surface area contributed by atoms with Crippen molar-refractivity contribution in [2.24, 2.45) is 0 Å². The van der Waals surface area contributed by atoms with Crippen LogP contribution in [0.4, 0.5) is 11.4 Å². The number of aryl methyl sites for hydroxylation is 1. The van der Waals surface area contributed by atoms with Crippen molar-refractivity contribution in [3.8, 4) is 0 Å². The highest BCUT2D eigenvalue weighted by atomic mass is 35.5. The smallest absolute Gasteiger partial charge is 0.264 e. The van der Waals surface area contributed by atoms with E-state index < -0.39 is 22.5 Å². The maximum Gasteiger partial charge on any atom is 0.264 e. The number of amides is 2. The molecule has 0 aliphatic heterocycles. The minimum Gasteiger partial charge on any atom is -0.352 e. The third-order valence-electron chi connectivity index (χ3n) is 6.39. The molecule has 7 nitrogen and oxygen atoms in total. The second kappa shape index (κ2) is 12.8. The first-order chi connectivity index (χ1) is 19.2. The summed E-state index contributed by atoms with van der Waals surface area (Å²) in [6, 6.07) is 27.7. The van der Waals surface area contributed by atoms with Gasteiger partial charge in [-0.2, -0.15) is 0 Å². The van der Waals surface area contributed by atoms with E-state index in [2.05, 4.69) is 10.6 Å². The van der Waals surface area contributed by atoms with Crippen LogP contribution in [0.5, 0.6) is 0 Å². The van der Waals surface area contributed by atoms with Crippen molar-refractivity contribution in [1.29, 1.82) is 0 Å². The van der Waals surface area contributed by atoms with Crippen LogP contribution in [0, 0.1) is 13.8 Å². The highest BCUT2D eigenvalue weighted by Gasteiger charge is 2.29. The Hall–Kier alpha value is -4.14. The van der Waals surface area contributed by atoms with Crippen molar-refractivity contribution in [2.45, 2.75) is 25.2 Å². The molecule has 0 aliphatic carbocycles. The molecule has 0 saturated heterocycles. The quantitative estimate of drug-likeness (QED) is 0.251. The van der Waals surface area contributed by atoms with Gasteiger partial charge in [-0.3, -0.25) is 13.9 Å². The molecule has 4 aromatic carbocycles. The van der Waals surface area contributed by atoms with Crippen LogP contribution >= 0.6 is 11.6 Å². The van der Waals surface area contributed by atoms with Gasteiger partial charge in [0.2, 0.25) is 5.91 Å². The van der Waals surface area contributed by atoms with Crippen molar-refractivity contribution >= 4 is 44.8 Å². The maximum atomic E-state index is 13.7. The van der Waals surface area contributed by atoms with Crippen molar-refractivity contribution in [1.82, 2.24) is 5.32 Å². The summed E-state index contributed by atoms with van der Waals surface area (Å²) >= 11 is 6.31. The van der Waals surface area contributed by atoms with E-state index in [9.17, 15) is 18.0 Å². The Balaban J connectivity index is 1.56. The SMILES string of the molecule is Cc1ccc(S(=O)(=O)N(CC(=O)Nc2ccccc2C(=O)NCCc2ccccc2)c2cccc(Cl)c2C)cc1. The summed E-state index contributed by atoms with van der Waals surface area (Å²) in [6.45, 7) is 3.45. The number of anilines is 2. The second-order valence-corrected chi connectivity index (χ2v) is 11.6. The van der Waals surface area contributed by atoms with Gasteiger partial charge in [0, 0.05) is 11.6 Å². The Labute approximate surface area is 239 Å². The Morgan fingerprint density at radius 2 is 1.50 bits per heavy atom. The molecule has 0 saturated carbocycles. The maximum absolute atomic E-state index is 13.7. The van der Waals surface area contributed by atoms with Crippen LogP contribution in [-0.2, 0) is 21.2 Å². The van der Waals surface area contributed by atoms with Gasteiger partial charge in [0.05, 0.1) is 21.8 Å². The van der Waals surface area contributed by atoms with Crippen molar-refractivity contribution in [3.05, 3.63) is 124 Å². The zero-order valence-electron chi connectivity index (χ0n) is 22.2. The largest absolute Gasteiger partial charge is 0.352 e. The van der Waals surface area contributed by atoms with Gasteiger partial charge in [0.25, 0.3) is 15.9 Å². The third kappa shape index (κ3) is 6.89. The predicted molar refractivity (Wildman–Crippen MR) is 159 cm³/mol. The molecule has 2 N–H and O–H groups in total. The number of halogens is 1. The van der Waals surface area contributed by atoms with E-state index in [-0.39, 0.29) is 27.7 Å². The lowest BCUT2D eigenvalue weighted by Crippen LogP contribution is -2.39. The molecule has 0 unspecified atom stereocenters. The first-order valence-electron chi connectivity index (χ1n) is 12.7. The van der Waals surface area contributed by atoms with Gasteiger partial charge < -0.3 is 10.6 Å². The fourth-order valence-electron chi connectivity index (χ4n) is 4.17. The first-order valence-corrected chi connectivity index (χ1v) is 14.5. The fraction of sp³-hybridized carbons (Fsp3) is 0.161. The number of nitrogens with zero attached hydrogens (tertiary/aromatic N) is 1. The standard InChI is InChI=1S/C31H30ClN3O4S/c1-22-15-17-25(18-16-22)40(38,39)35(29-14-8-12-27(32)23(29)2)21-30(36)34-28-13-7-6-11-26(28)31(37)33-20-19-24-9-4-3-5-10-24/h3-18H,19-21H2,1-2H3,(H,33,37)(H,34,36). The van der Waals surface area contributed by atoms with Gasteiger partial charge in [-0.25, -0.2) is 8.42 Å². The minimum absolute atomic E-state index is 0.0449. The van der Waals surface area contributed by atoms with Crippen LogP contribution in [-0.4, -0.2) is 33.3 Å². The van der Waals surface area contributed by atoms with E-state index in [1.165, 1.54) is 12.1 Å². The molecule has 4 aromatic rings. The number of carbonyl (C=O) groups is 2. The highest BCUT2D eigenvalue weighted by molar-refractivity contribution is 7.92. The monoisotopic (exact) mass is 575 g/mol. The predicted octanol–water partition coefficient (Wildman–Crippen LogP) is 5.76. The Morgan fingerprint density at radius 3 is 2.23 bits per heavy atom. The van der Waals surface area contributed by atoms with Crippen molar-refractivity contribution in [3.63, 3.8) is 0 Å². The Bertz CT molecular complexity index is 1610. The molecule has 2 amide bonds. The Kier molecular flexibility index (Phi) is 9.24. The third-order valence-corrected chi connectivity index (χ3v) is 8.58. The van der Waals surface area contributed by atoms with Crippen LogP contribution < -0.4 is 14.9 Å². The van der Waals surface area contributed by atoms with E-state index in [1.54, 1.807) is 61.5 Å². The summed E-state index contributed by atoms with van der Waals surface area (Å²) in [7, 11) is -4.13. The normalized spacial score (nSPS) is 11.1. The average Bonchev–Trinajstić information content (AvgIpc) is 2.94. The number of rotatable bonds is 10. The summed E-state index contributed by atoms with van der Waals surface area (Å²) in [5.74, 6) is -0.957. The van der Waals surface area contributed by atoms with Gasteiger partial charge in [-0.15, -0.1) is 0 Å². The molecule has 9 heteroatoms. The lowest BCUT2D eigenvalue weighted by atomic mass is 10.1. The van der Waals surface area contributed by atoms with Crippen molar-refractivity contribution < 1.29 is 18.0 Å². The summed E-state index contributed by atoms with van der Waals surface area (Å²) in [6.07, 6.45) is 0.659. The topological polar surface area (TPSA) is 95.6 Å². The van der Waals surface area contributed by atoms with E-state index in [0.29, 0.717) is 23.6 Å². The number of sulfonamides is 1. The van der Waals surface area contributed by atoms with Crippen LogP contribution in [0.3, 0.4) is 0 Å². The number of hydrogen-bond acceptors (Lipinski definition) is 4. The molecular weight excluding hydrogens is 546 g/mol. The number of para-hydroxylation sites is 1.